The number of para-hydroxylation sites is 5. The number of amides is 2. The molecule has 4 aromatic carbocycles. The van der Waals surface area contributed by atoms with Gasteiger partial charge in [0.25, 0.3) is 0 Å². The molecule has 238 valence electrons. The number of ether oxygens (including phenoxy) is 3. The van der Waals surface area contributed by atoms with E-state index in [4.69, 9.17) is 14.2 Å². The maximum atomic E-state index is 14.3. The molecular weight excluding hydrogens is 584 g/mol. The number of hydrogen-bond acceptors (Lipinski definition) is 7. The number of Topliss-reactive ketones (excluding diaryl/α,β-unsaturated/α-hetero) is 1. The van der Waals surface area contributed by atoms with E-state index in [-0.39, 0.29) is 0 Å². The van der Waals surface area contributed by atoms with Crippen LogP contribution in [0.3, 0.4) is 0 Å². The molecule has 2 amide bonds. The van der Waals surface area contributed by atoms with Crippen LogP contribution in [0.15, 0.2) is 103 Å². The molecule has 0 heterocycles. The Kier molecular flexibility index (Phi) is 10.0. The van der Waals surface area contributed by atoms with Crippen LogP contribution in [-0.4, -0.2) is 41.5 Å². The van der Waals surface area contributed by atoms with Crippen LogP contribution in [0, 0.1) is 11.8 Å². The van der Waals surface area contributed by atoms with Crippen molar-refractivity contribution in [3.05, 3.63) is 109 Å². The Morgan fingerprint density at radius 2 is 1.30 bits per heavy atom. The molecule has 9 nitrogen and oxygen atoms in total. The summed E-state index contributed by atoms with van der Waals surface area (Å²) in [5.74, 6) is -3.31. The molecule has 1 fully saturated rings. The van der Waals surface area contributed by atoms with Gasteiger partial charge in [0.15, 0.2) is 0 Å². The Labute approximate surface area is 268 Å². The fourth-order valence-electron chi connectivity index (χ4n) is 6.03. The molecule has 4 atom stereocenters. The highest BCUT2D eigenvalue weighted by Gasteiger charge is 2.56. The highest BCUT2D eigenvalue weighted by Crippen LogP contribution is 2.47. The van der Waals surface area contributed by atoms with E-state index in [1.807, 2.05) is 32.0 Å². The van der Waals surface area contributed by atoms with Crippen molar-refractivity contribution in [1.82, 2.24) is 0 Å². The van der Waals surface area contributed by atoms with Gasteiger partial charge in [0, 0.05) is 12.3 Å². The lowest BCUT2D eigenvalue weighted by Crippen LogP contribution is -2.56. The highest BCUT2D eigenvalue weighted by molar-refractivity contribution is 6.11. The van der Waals surface area contributed by atoms with Gasteiger partial charge in [-0.15, -0.1) is 0 Å². The van der Waals surface area contributed by atoms with Crippen molar-refractivity contribution in [3.8, 4) is 23.0 Å². The van der Waals surface area contributed by atoms with E-state index in [0.29, 0.717) is 53.2 Å². The topological polar surface area (TPSA) is 123 Å². The second kappa shape index (κ2) is 14.3. The van der Waals surface area contributed by atoms with Gasteiger partial charge in [-0.2, -0.15) is 0 Å². The normalized spacial score (nSPS) is 20.8. The van der Waals surface area contributed by atoms with Gasteiger partial charge in [0.05, 0.1) is 36.1 Å². The summed E-state index contributed by atoms with van der Waals surface area (Å²) in [6.45, 7) is 5.88. The Bertz CT molecular complexity index is 1690. The van der Waals surface area contributed by atoms with Gasteiger partial charge in [-0.05, 0) is 74.9 Å². The lowest BCUT2D eigenvalue weighted by molar-refractivity contribution is -0.150. The van der Waals surface area contributed by atoms with Crippen molar-refractivity contribution in [2.24, 2.45) is 11.8 Å². The van der Waals surface area contributed by atoms with E-state index in [1.54, 1.807) is 84.9 Å². The number of carbonyl (C=O) groups excluding carboxylic acids is 3. The number of ketones is 1. The van der Waals surface area contributed by atoms with Crippen LogP contribution < -0.4 is 24.8 Å². The molecule has 0 bridgehead atoms. The first-order valence-corrected chi connectivity index (χ1v) is 15.3. The van der Waals surface area contributed by atoms with Crippen molar-refractivity contribution >= 4 is 29.0 Å². The zero-order valence-electron chi connectivity index (χ0n) is 26.1. The predicted molar refractivity (Wildman–Crippen MR) is 175 cm³/mol. The minimum Gasteiger partial charge on any atom is -0.492 e. The van der Waals surface area contributed by atoms with Crippen LogP contribution in [0.4, 0.5) is 11.4 Å². The fraction of sp³-hybridized carbons (Fsp3) is 0.270. The smallest absolute Gasteiger partial charge is 0.235 e. The van der Waals surface area contributed by atoms with E-state index in [2.05, 4.69) is 10.6 Å². The quantitative estimate of drug-likeness (QED) is 0.161. The monoisotopic (exact) mass is 622 g/mol. The van der Waals surface area contributed by atoms with Crippen molar-refractivity contribution in [3.63, 3.8) is 0 Å². The third-order valence-electron chi connectivity index (χ3n) is 7.94. The van der Waals surface area contributed by atoms with Crippen LogP contribution in [0.2, 0.25) is 0 Å². The highest BCUT2D eigenvalue weighted by atomic mass is 16.5. The summed E-state index contributed by atoms with van der Waals surface area (Å²) >= 11 is 0. The van der Waals surface area contributed by atoms with Crippen LogP contribution >= 0.6 is 0 Å². The van der Waals surface area contributed by atoms with Gasteiger partial charge in [-0.1, -0.05) is 54.6 Å². The number of aliphatic hydroxyl groups is 1. The summed E-state index contributed by atoms with van der Waals surface area (Å²) in [6, 6.07) is 30.0. The zero-order valence-corrected chi connectivity index (χ0v) is 26.1. The molecule has 1 saturated carbocycles. The molecule has 4 unspecified atom stereocenters. The number of nitrogens with one attached hydrogen (secondary N) is 2. The van der Waals surface area contributed by atoms with E-state index < -0.39 is 47.4 Å². The summed E-state index contributed by atoms with van der Waals surface area (Å²) in [6.07, 6.45) is -0.403. The zero-order chi connectivity index (χ0) is 32.7. The summed E-state index contributed by atoms with van der Waals surface area (Å²) in [7, 11) is 0. The SMILES string of the molecule is CCOc1ccccc1NC(=O)C1C(=O)CC(C)(O)C(C(=O)Nc2ccccc2OCC)C1c1cccc(Oc2ccccc2)c1. The molecule has 46 heavy (non-hydrogen) atoms. The standard InChI is InChI=1S/C37H38N2O7/c1-4-44-30-20-11-9-18-27(30)38-35(41)33-29(40)23-37(3,43)34(36(42)39-28-19-10-12-21-31(28)45-5-2)32(33)24-14-13-17-26(22-24)46-25-15-7-6-8-16-25/h6-22,32-34,43H,4-5,23H2,1-3H3,(H,38,41)(H,39,42). The molecule has 0 radical (unpaired) electrons. The van der Waals surface area contributed by atoms with E-state index in [1.165, 1.54) is 6.92 Å². The molecule has 5 rings (SSSR count). The van der Waals surface area contributed by atoms with Gasteiger partial charge in [-0.25, -0.2) is 0 Å². The molecule has 4 aromatic rings. The average molecular weight is 623 g/mol. The molecular formula is C37H38N2O7. The van der Waals surface area contributed by atoms with E-state index >= 15 is 0 Å². The minimum absolute atomic E-state index is 0.375. The summed E-state index contributed by atoms with van der Waals surface area (Å²) < 4.78 is 17.5. The molecule has 9 heteroatoms. The maximum Gasteiger partial charge on any atom is 0.235 e. The Morgan fingerprint density at radius 1 is 0.761 bits per heavy atom. The van der Waals surface area contributed by atoms with Crippen molar-refractivity contribution in [2.75, 3.05) is 23.8 Å². The summed E-state index contributed by atoms with van der Waals surface area (Å²) in [5, 5.41) is 17.5. The first kappa shape index (κ1) is 32.2. The van der Waals surface area contributed by atoms with Gasteiger partial charge in [0.2, 0.25) is 11.8 Å². The van der Waals surface area contributed by atoms with E-state index in [9.17, 15) is 19.5 Å². The molecule has 1 aliphatic rings. The van der Waals surface area contributed by atoms with Crippen LogP contribution in [0.5, 0.6) is 23.0 Å². The average Bonchev–Trinajstić information content (AvgIpc) is 3.03. The summed E-state index contributed by atoms with van der Waals surface area (Å²) in [5.41, 5.74) is -0.499. The third-order valence-corrected chi connectivity index (χ3v) is 7.94. The van der Waals surface area contributed by atoms with Crippen LogP contribution in [0.1, 0.15) is 38.7 Å². The van der Waals surface area contributed by atoms with Gasteiger partial charge >= 0.3 is 0 Å². The molecule has 1 aliphatic carbocycles. The second-order valence-corrected chi connectivity index (χ2v) is 11.3. The number of anilines is 2. The Balaban J connectivity index is 1.58. The van der Waals surface area contributed by atoms with Crippen molar-refractivity contribution in [1.29, 1.82) is 0 Å². The molecule has 0 aliphatic heterocycles. The molecule has 0 aromatic heterocycles. The largest absolute Gasteiger partial charge is 0.492 e. The van der Waals surface area contributed by atoms with Gasteiger partial charge in [0.1, 0.15) is 34.7 Å². The number of rotatable bonds is 11. The van der Waals surface area contributed by atoms with Gasteiger partial charge < -0.3 is 30.0 Å². The minimum atomic E-state index is -1.79. The van der Waals surface area contributed by atoms with Crippen molar-refractivity contribution in [2.45, 2.75) is 38.7 Å². The number of benzene rings is 4. The fourth-order valence-corrected chi connectivity index (χ4v) is 6.03. The number of carbonyl (C=O) groups is 3. The molecule has 0 saturated heterocycles. The summed E-state index contributed by atoms with van der Waals surface area (Å²) in [4.78, 5) is 42.2. The molecule has 0 spiro atoms. The first-order valence-electron chi connectivity index (χ1n) is 15.3. The van der Waals surface area contributed by atoms with Crippen LogP contribution in [0.25, 0.3) is 0 Å². The Morgan fingerprint density at radius 3 is 1.91 bits per heavy atom. The van der Waals surface area contributed by atoms with Gasteiger partial charge in [-0.3, -0.25) is 14.4 Å². The van der Waals surface area contributed by atoms with Crippen LogP contribution in [-0.2, 0) is 14.4 Å². The Hall–Kier alpha value is -5.15. The predicted octanol–water partition coefficient (Wildman–Crippen LogP) is 6.59. The van der Waals surface area contributed by atoms with Crippen molar-refractivity contribution < 1.29 is 33.7 Å². The molecule has 3 N–H and O–H groups in total. The number of hydrogen-bond donors (Lipinski definition) is 3. The van der Waals surface area contributed by atoms with E-state index in [0.717, 1.165) is 0 Å². The maximum absolute atomic E-state index is 14.3. The first-order chi connectivity index (χ1) is 22.2. The second-order valence-electron chi connectivity index (χ2n) is 11.3. The lowest BCUT2D eigenvalue weighted by Gasteiger charge is -2.44. The third kappa shape index (κ3) is 7.21. The lowest BCUT2D eigenvalue weighted by atomic mass is 9.61.